The summed E-state index contributed by atoms with van der Waals surface area (Å²) in [5, 5.41) is 7.81. The third-order valence-electron chi connectivity index (χ3n) is 3.10. The van der Waals surface area contributed by atoms with Gasteiger partial charge in [-0.2, -0.15) is 0 Å². The lowest BCUT2D eigenvalue weighted by molar-refractivity contribution is 0.447. The monoisotopic (exact) mass is 268 g/mol. The fraction of sp³-hybridized carbons (Fsp3) is 0.333. The molecule has 100 valence electrons. The molecule has 4 nitrogen and oxygen atoms in total. The molecule has 0 amide bonds. The second-order valence-electron chi connectivity index (χ2n) is 4.50. The number of rotatable bonds is 3. The van der Waals surface area contributed by atoms with E-state index in [0.717, 1.165) is 25.0 Å². The topological polar surface area (TPSA) is 56.7 Å². The van der Waals surface area contributed by atoms with Crippen molar-refractivity contribution in [1.82, 2.24) is 14.8 Å². The number of benzene rings is 1. The van der Waals surface area contributed by atoms with Gasteiger partial charge in [-0.1, -0.05) is 0 Å². The minimum atomic E-state index is -1.49. The zero-order chi connectivity index (χ0) is 13.6. The molecule has 0 atom stereocenters. The van der Waals surface area contributed by atoms with Gasteiger partial charge in [-0.05, 0) is 25.0 Å². The number of hydrogen-bond acceptors (Lipinski definition) is 3. The predicted octanol–water partition coefficient (Wildman–Crippen LogP) is 2.16. The average Bonchev–Trinajstić information content (AvgIpc) is 3.14. The first-order chi connectivity index (χ1) is 9.11. The molecule has 0 radical (unpaired) electrons. The maximum atomic E-state index is 13.3. The van der Waals surface area contributed by atoms with E-state index in [0.29, 0.717) is 11.6 Å². The summed E-state index contributed by atoms with van der Waals surface area (Å²) in [6, 6.07) is 2.04. The second-order valence-corrected chi connectivity index (χ2v) is 4.50. The Kier molecular flexibility index (Phi) is 2.78. The van der Waals surface area contributed by atoms with Gasteiger partial charge in [0, 0.05) is 11.6 Å². The van der Waals surface area contributed by atoms with Crippen LogP contribution in [0.5, 0.6) is 0 Å². The molecular weight excluding hydrogens is 257 g/mol. The van der Waals surface area contributed by atoms with Gasteiger partial charge in [0.25, 0.3) is 0 Å². The van der Waals surface area contributed by atoms with Crippen LogP contribution < -0.4 is 5.73 Å². The van der Waals surface area contributed by atoms with E-state index in [1.54, 1.807) is 4.57 Å². The summed E-state index contributed by atoms with van der Waals surface area (Å²) in [5.74, 6) is -3.09. The van der Waals surface area contributed by atoms with Crippen LogP contribution in [0, 0.1) is 17.5 Å². The van der Waals surface area contributed by atoms with Gasteiger partial charge in [-0.15, -0.1) is 10.2 Å². The molecule has 1 aromatic heterocycles. The zero-order valence-corrected chi connectivity index (χ0v) is 9.91. The van der Waals surface area contributed by atoms with E-state index in [4.69, 9.17) is 5.73 Å². The van der Waals surface area contributed by atoms with E-state index in [1.165, 1.54) is 0 Å². The maximum absolute atomic E-state index is 13.3. The van der Waals surface area contributed by atoms with Crippen LogP contribution in [0.15, 0.2) is 12.1 Å². The van der Waals surface area contributed by atoms with E-state index in [2.05, 4.69) is 10.2 Å². The van der Waals surface area contributed by atoms with Crippen molar-refractivity contribution >= 4 is 0 Å². The lowest BCUT2D eigenvalue weighted by atomic mass is 10.2. The molecule has 0 saturated heterocycles. The summed E-state index contributed by atoms with van der Waals surface area (Å²) in [7, 11) is 0. The molecule has 1 saturated carbocycles. The van der Waals surface area contributed by atoms with Gasteiger partial charge in [-0.3, -0.25) is 0 Å². The fourth-order valence-electron chi connectivity index (χ4n) is 2.06. The number of nitrogens with zero attached hydrogens (tertiary/aromatic N) is 3. The second kappa shape index (κ2) is 4.34. The van der Waals surface area contributed by atoms with E-state index in [-0.39, 0.29) is 18.2 Å². The van der Waals surface area contributed by atoms with Crippen LogP contribution >= 0.6 is 0 Å². The first-order valence-corrected chi connectivity index (χ1v) is 5.90. The number of hydrogen-bond donors (Lipinski definition) is 1. The highest BCUT2D eigenvalue weighted by Crippen LogP contribution is 2.39. The summed E-state index contributed by atoms with van der Waals surface area (Å²) in [4.78, 5) is 0. The molecule has 0 spiro atoms. The summed E-state index contributed by atoms with van der Waals surface area (Å²) in [5.41, 5.74) is 5.72. The van der Waals surface area contributed by atoms with Crippen molar-refractivity contribution in [1.29, 1.82) is 0 Å². The van der Waals surface area contributed by atoms with Crippen molar-refractivity contribution < 1.29 is 13.2 Å². The first-order valence-electron chi connectivity index (χ1n) is 5.90. The Balaban J connectivity index is 2.14. The summed E-state index contributed by atoms with van der Waals surface area (Å²) in [6.45, 7) is 0.190. The normalized spacial score (nSPS) is 14.9. The molecule has 2 aromatic rings. The smallest absolute Gasteiger partial charge is 0.194 e. The van der Waals surface area contributed by atoms with Crippen molar-refractivity contribution in [3.05, 3.63) is 35.4 Å². The standard InChI is InChI=1S/C12H11F3N4/c13-8-3-6(4-9(14)11(8)15)12-18-17-10(5-16)19(12)7-1-2-7/h3-4,7H,1-2,5,16H2. The summed E-state index contributed by atoms with van der Waals surface area (Å²) in [6.07, 6.45) is 1.90. The van der Waals surface area contributed by atoms with Crippen LogP contribution in [0.3, 0.4) is 0 Å². The van der Waals surface area contributed by atoms with E-state index < -0.39 is 17.5 Å². The zero-order valence-electron chi connectivity index (χ0n) is 9.91. The van der Waals surface area contributed by atoms with Crippen LogP contribution in [0.1, 0.15) is 24.7 Å². The molecule has 1 aliphatic rings. The van der Waals surface area contributed by atoms with E-state index >= 15 is 0 Å². The molecule has 3 rings (SSSR count). The Labute approximate surface area is 107 Å². The van der Waals surface area contributed by atoms with Crippen molar-refractivity contribution in [2.45, 2.75) is 25.4 Å². The van der Waals surface area contributed by atoms with Gasteiger partial charge < -0.3 is 10.3 Å². The third-order valence-corrected chi connectivity index (χ3v) is 3.10. The molecule has 7 heteroatoms. The number of halogens is 3. The Morgan fingerprint density at radius 2 is 1.79 bits per heavy atom. The Bertz CT molecular complexity index is 611. The molecule has 1 aromatic carbocycles. The molecular formula is C12H11F3N4. The SMILES string of the molecule is NCc1nnc(-c2cc(F)c(F)c(F)c2)n1C1CC1. The first kappa shape index (κ1) is 12.2. The molecule has 19 heavy (non-hydrogen) atoms. The fourth-order valence-corrected chi connectivity index (χ4v) is 2.06. The lowest BCUT2D eigenvalue weighted by Crippen LogP contribution is -2.08. The average molecular weight is 268 g/mol. The van der Waals surface area contributed by atoms with Gasteiger partial charge in [-0.25, -0.2) is 13.2 Å². The summed E-state index contributed by atoms with van der Waals surface area (Å²) < 4.78 is 41.3. The molecule has 1 fully saturated rings. The van der Waals surface area contributed by atoms with Crippen LogP contribution in [-0.4, -0.2) is 14.8 Å². The largest absolute Gasteiger partial charge is 0.324 e. The minimum absolute atomic E-state index is 0.163. The third kappa shape index (κ3) is 1.99. The van der Waals surface area contributed by atoms with Crippen LogP contribution in [0.2, 0.25) is 0 Å². The molecule has 1 heterocycles. The molecule has 0 unspecified atom stereocenters. The highest BCUT2D eigenvalue weighted by Gasteiger charge is 2.30. The Morgan fingerprint density at radius 3 is 2.32 bits per heavy atom. The predicted molar refractivity (Wildman–Crippen MR) is 61.5 cm³/mol. The molecule has 1 aliphatic carbocycles. The lowest BCUT2D eigenvalue weighted by Gasteiger charge is -2.08. The van der Waals surface area contributed by atoms with Gasteiger partial charge in [0.1, 0.15) is 5.82 Å². The number of aromatic nitrogens is 3. The van der Waals surface area contributed by atoms with Gasteiger partial charge in [0.15, 0.2) is 23.3 Å². The quantitative estimate of drug-likeness (QED) is 0.868. The van der Waals surface area contributed by atoms with Crippen LogP contribution in [0.4, 0.5) is 13.2 Å². The van der Waals surface area contributed by atoms with Crippen molar-refractivity contribution in [3.63, 3.8) is 0 Å². The van der Waals surface area contributed by atoms with Crippen LogP contribution in [0.25, 0.3) is 11.4 Å². The summed E-state index contributed by atoms with van der Waals surface area (Å²) >= 11 is 0. The van der Waals surface area contributed by atoms with Crippen molar-refractivity contribution in [2.24, 2.45) is 5.73 Å². The van der Waals surface area contributed by atoms with E-state index in [1.807, 2.05) is 0 Å². The van der Waals surface area contributed by atoms with Crippen LogP contribution in [-0.2, 0) is 6.54 Å². The van der Waals surface area contributed by atoms with Gasteiger partial charge in [0.2, 0.25) is 0 Å². The van der Waals surface area contributed by atoms with Crippen molar-refractivity contribution in [3.8, 4) is 11.4 Å². The van der Waals surface area contributed by atoms with E-state index in [9.17, 15) is 13.2 Å². The highest BCUT2D eigenvalue weighted by molar-refractivity contribution is 5.56. The van der Waals surface area contributed by atoms with Gasteiger partial charge in [0.05, 0.1) is 6.54 Å². The Hall–Kier alpha value is -1.89. The van der Waals surface area contributed by atoms with Gasteiger partial charge >= 0.3 is 0 Å². The Morgan fingerprint density at radius 1 is 1.16 bits per heavy atom. The maximum Gasteiger partial charge on any atom is 0.194 e. The van der Waals surface area contributed by atoms with Crippen molar-refractivity contribution in [2.75, 3.05) is 0 Å². The number of nitrogens with two attached hydrogens (primary N) is 1. The molecule has 0 bridgehead atoms. The minimum Gasteiger partial charge on any atom is -0.324 e. The molecule has 0 aliphatic heterocycles. The molecule has 2 N–H and O–H groups in total. The highest BCUT2D eigenvalue weighted by atomic mass is 19.2.